The summed E-state index contributed by atoms with van der Waals surface area (Å²) >= 11 is 6.03. The van der Waals surface area contributed by atoms with Crippen molar-refractivity contribution in [3.05, 3.63) is 59.4 Å². The van der Waals surface area contributed by atoms with Crippen LogP contribution in [0.2, 0.25) is 5.02 Å². The Hall–Kier alpha value is -2.73. The number of fused-ring (bicyclic) bond motifs is 3. The predicted octanol–water partition coefficient (Wildman–Crippen LogP) is 5.51. The molecule has 5 atom stereocenters. The number of ether oxygens (including phenoxy) is 1. The molecule has 7 heteroatoms. The normalized spacial score (nSPS) is 26.1. The van der Waals surface area contributed by atoms with Gasteiger partial charge in [-0.2, -0.15) is 0 Å². The highest BCUT2D eigenvalue weighted by Crippen LogP contribution is 2.63. The largest absolute Gasteiger partial charge is 0.490 e. The second-order valence-corrected chi connectivity index (χ2v) is 8.96. The van der Waals surface area contributed by atoms with Crippen molar-refractivity contribution in [2.45, 2.75) is 31.8 Å². The highest BCUT2D eigenvalue weighted by Gasteiger charge is 2.59. The third kappa shape index (κ3) is 2.93. The molecule has 1 N–H and O–H groups in total. The number of aromatic nitrogens is 4. The van der Waals surface area contributed by atoms with Gasteiger partial charge in [-0.25, -0.2) is 14.4 Å². The zero-order valence-corrected chi connectivity index (χ0v) is 17.1. The molecule has 3 aromatic heterocycles. The third-order valence-corrected chi connectivity index (χ3v) is 6.96. The van der Waals surface area contributed by atoms with Crippen molar-refractivity contribution in [2.24, 2.45) is 17.8 Å². The molecule has 0 aliphatic heterocycles. The van der Waals surface area contributed by atoms with E-state index in [9.17, 15) is 4.39 Å². The lowest BCUT2D eigenvalue weighted by atomic mass is 9.97. The summed E-state index contributed by atoms with van der Waals surface area (Å²) < 4.78 is 20.0. The average molecular weight is 423 g/mol. The molecule has 3 heterocycles. The van der Waals surface area contributed by atoms with E-state index in [-0.39, 0.29) is 11.9 Å². The molecule has 5 nitrogen and oxygen atoms in total. The summed E-state index contributed by atoms with van der Waals surface area (Å²) in [5.74, 6) is 3.64. The maximum atomic E-state index is 13.7. The second-order valence-electron chi connectivity index (χ2n) is 8.52. The van der Waals surface area contributed by atoms with Gasteiger partial charge >= 0.3 is 0 Å². The summed E-state index contributed by atoms with van der Waals surface area (Å²) in [6.07, 6.45) is 5.55. The minimum atomic E-state index is -0.273. The van der Waals surface area contributed by atoms with Gasteiger partial charge in [0.05, 0.1) is 16.6 Å². The topological polar surface area (TPSA) is 63.7 Å². The number of benzene rings is 1. The molecule has 2 fully saturated rings. The Morgan fingerprint density at radius 3 is 2.80 bits per heavy atom. The van der Waals surface area contributed by atoms with E-state index in [2.05, 4.69) is 21.9 Å². The van der Waals surface area contributed by atoms with Gasteiger partial charge in [0.25, 0.3) is 0 Å². The van der Waals surface area contributed by atoms with Gasteiger partial charge < -0.3 is 9.72 Å². The molecule has 0 bridgehead atoms. The highest BCUT2D eigenvalue weighted by molar-refractivity contribution is 6.31. The van der Waals surface area contributed by atoms with Crippen LogP contribution in [0.3, 0.4) is 0 Å². The minimum Gasteiger partial charge on any atom is -0.490 e. The number of halogens is 2. The lowest BCUT2D eigenvalue weighted by Gasteiger charge is -2.19. The van der Waals surface area contributed by atoms with Crippen LogP contribution in [-0.2, 0) is 0 Å². The molecule has 0 spiro atoms. The third-order valence-electron chi connectivity index (χ3n) is 6.76. The van der Waals surface area contributed by atoms with Crippen LogP contribution in [0.25, 0.3) is 22.1 Å². The first-order valence-electron chi connectivity index (χ1n) is 10.3. The Labute approximate surface area is 177 Å². The zero-order chi connectivity index (χ0) is 20.4. The Balaban J connectivity index is 1.16. The molecule has 0 amide bonds. The molecule has 1 aromatic carbocycles. The molecule has 2 saturated carbocycles. The summed E-state index contributed by atoms with van der Waals surface area (Å²) in [7, 11) is 0. The molecule has 30 heavy (non-hydrogen) atoms. The predicted molar refractivity (Wildman–Crippen MR) is 113 cm³/mol. The fourth-order valence-corrected chi connectivity index (χ4v) is 5.49. The van der Waals surface area contributed by atoms with Gasteiger partial charge in [0.2, 0.25) is 0 Å². The van der Waals surface area contributed by atoms with Crippen LogP contribution in [-0.4, -0.2) is 26.0 Å². The van der Waals surface area contributed by atoms with Gasteiger partial charge in [-0.3, -0.25) is 4.98 Å². The average Bonchev–Trinajstić information content (AvgIpc) is 3.06. The number of imidazole rings is 1. The molecular weight excluding hydrogens is 403 g/mol. The lowest BCUT2D eigenvalue weighted by Crippen LogP contribution is -2.17. The van der Waals surface area contributed by atoms with Gasteiger partial charge in [-0.15, -0.1) is 0 Å². The molecule has 2 aliphatic carbocycles. The Bertz CT molecular complexity index is 1260. The van der Waals surface area contributed by atoms with Crippen molar-refractivity contribution in [1.82, 2.24) is 19.9 Å². The van der Waals surface area contributed by atoms with Crippen LogP contribution in [0.4, 0.5) is 4.39 Å². The molecule has 2 aliphatic rings. The quantitative estimate of drug-likeness (QED) is 0.471. The van der Waals surface area contributed by atoms with E-state index in [1.54, 1.807) is 18.5 Å². The van der Waals surface area contributed by atoms with Crippen molar-refractivity contribution in [3.63, 3.8) is 0 Å². The minimum absolute atomic E-state index is 0.161. The fraction of sp³-hybridized carbons (Fsp3) is 0.348. The van der Waals surface area contributed by atoms with E-state index in [0.717, 1.165) is 46.5 Å². The Kier molecular flexibility index (Phi) is 4.00. The monoisotopic (exact) mass is 422 g/mol. The second kappa shape index (κ2) is 6.64. The first-order chi connectivity index (χ1) is 14.6. The van der Waals surface area contributed by atoms with Crippen LogP contribution >= 0.6 is 11.6 Å². The van der Waals surface area contributed by atoms with Gasteiger partial charge in [0.1, 0.15) is 22.9 Å². The van der Waals surface area contributed by atoms with E-state index < -0.39 is 0 Å². The Morgan fingerprint density at radius 1 is 1.13 bits per heavy atom. The smallest absolute Gasteiger partial charge is 0.157 e. The van der Waals surface area contributed by atoms with Gasteiger partial charge in [-0.1, -0.05) is 18.5 Å². The van der Waals surface area contributed by atoms with Crippen LogP contribution in [0.1, 0.15) is 31.5 Å². The van der Waals surface area contributed by atoms with E-state index in [4.69, 9.17) is 21.3 Å². The molecule has 0 radical (unpaired) electrons. The summed E-state index contributed by atoms with van der Waals surface area (Å²) in [6.45, 7) is 2.23. The van der Waals surface area contributed by atoms with Gasteiger partial charge in [-0.05, 0) is 60.9 Å². The van der Waals surface area contributed by atoms with Gasteiger partial charge in [0.15, 0.2) is 5.65 Å². The zero-order valence-electron chi connectivity index (χ0n) is 16.3. The number of nitrogens with one attached hydrogen (secondary N) is 1. The SMILES string of the molecule is CC(c1nc2cc(Cl)cnc2[nH]1)[C@H]1[C@@H]2C[C@H](Oc3ccnc4ccc(F)cc34)C[C@@H]21. The number of nitrogens with zero attached hydrogens (tertiary/aromatic N) is 3. The summed E-state index contributed by atoms with van der Waals surface area (Å²) in [6, 6.07) is 8.29. The Morgan fingerprint density at radius 2 is 1.97 bits per heavy atom. The number of hydrogen-bond acceptors (Lipinski definition) is 4. The number of aromatic amines is 1. The molecule has 0 saturated heterocycles. The number of hydrogen-bond donors (Lipinski definition) is 1. The van der Waals surface area contributed by atoms with E-state index in [0.29, 0.717) is 28.7 Å². The number of H-pyrrole nitrogens is 1. The summed E-state index contributed by atoms with van der Waals surface area (Å²) in [5.41, 5.74) is 2.35. The maximum absolute atomic E-state index is 13.7. The summed E-state index contributed by atoms with van der Waals surface area (Å²) in [4.78, 5) is 16.7. The summed E-state index contributed by atoms with van der Waals surface area (Å²) in [5, 5.41) is 1.33. The van der Waals surface area contributed by atoms with Gasteiger partial charge in [0, 0.05) is 23.7 Å². The van der Waals surface area contributed by atoms with E-state index >= 15 is 0 Å². The standard InChI is InChI=1S/C23H20ClFN4O/c1-11(22-28-19-6-12(24)10-27-23(19)29-22)21-15-8-14(9-16(15)21)30-20-4-5-26-18-3-2-13(25)7-17(18)20/h2-7,10-11,14-16,21H,8-9H2,1H3,(H,27,28,29)/t11?,14-,15+,16-,21-. The van der Waals surface area contributed by atoms with Crippen molar-refractivity contribution >= 4 is 33.7 Å². The van der Waals surface area contributed by atoms with Crippen molar-refractivity contribution < 1.29 is 9.13 Å². The van der Waals surface area contributed by atoms with Crippen molar-refractivity contribution in [2.75, 3.05) is 0 Å². The van der Waals surface area contributed by atoms with Crippen LogP contribution in [0.15, 0.2) is 42.7 Å². The van der Waals surface area contributed by atoms with Crippen molar-refractivity contribution in [3.8, 4) is 5.75 Å². The van der Waals surface area contributed by atoms with Crippen LogP contribution in [0, 0.1) is 23.6 Å². The molecule has 152 valence electrons. The molecule has 4 aromatic rings. The maximum Gasteiger partial charge on any atom is 0.157 e. The van der Waals surface area contributed by atoms with Crippen LogP contribution < -0.4 is 4.74 Å². The molecule has 1 unspecified atom stereocenters. The van der Waals surface area contributed by atoms with Crippen molar-refractivity contribution in [1.29, 1.82) is 0 Å². The molecule has 6 rings (SSSR count). The fourth-order valence-electron chi connectivity index (χ4n) is 5.34. The first kappa shape index (κ1) is 18.1. The number of pyridine rings is 2. The number of rotatable bonds is 4. The lowest BCUT2D eigenvalue weighted by molar-refractivity contribution is 0.186. The first-order valence-corrected chi connectivity index (χ1v) is 10.7. The van der Waals surface area contributed by atoms with Crippen LogP contribution in [0.5, 0.6) is 5.75 Å². The molecular formula is C23H20ClFN4O. The van der Waals surface area contributed by atoms with E-state index in [1.165, 1.54) is 12.1 Å². The highest BCUT2D eigenvalue weighted by atomic mass is 35.5. The van der Waals surface area contributed by atoms with E-state index in [1.807, 2.05) is 12.1 Å².